The Morgan fingerprint density at radius 1 is 1.27 bits per heavy atom. The van der Waals surface area contributed by atoms with Crippen LogP contribution in [-0.2, 0) is 11.2 Å². The Bertz CT molecular complexity index is 1190. The lowest BCUT2D eigenvalue weighted by atomic mass is 10.2. The molecule has 1 atom stereocenters. The third-order valence-electron chi connectivity index (χ3n) is 4.28. The maximum Gasteiger partial charge on any atom is 0.344 e. The number of benzene rings is 2. The Hall–Kier alpha value is -2.52. The fraction of sp³-hybridized carbons (Fsp3) is 0.238. The molecule has 0 aliphatic heterocycles. The Morgan fingerprint density at radius 3 is 2.67 bits per heavy atom. The smallest absolute Gasteiger partial charge is 0.344 e. The van der Waals surface area contributed by atoms with Gasteiger partial charge in [0, 0.05) is 20.9 Å². The molecule has 0 radical (unpaired) electrons. The van der Waals surface area contributed by atoms with Crippen LogP contribution >= 0.6 is 31.9 Å². The second-order valence-corrected chi connectivity index (χ2v) is 8.41. The molecule has 3 aromatic rings. The predicted molar refractivity (Wildman–Crippen MR) is 123 cm³/mol. The average Bonchev–Trinajstić information content (AvgIpc) is 2.70. The predicted octanol–water partition coefficient (Wildman–Crippen LogP) is 4.61. The minimum absolute atomic E-state index is 0.280. The molecule has 156 valence electrons. The molecular formula is C21H19Br2N3O4. The van der Waals surface area contributed by atoms with Crippen molar-refractivity contribution >= 4 is 54.9 Å². The molecule has 0 fully saturated rings. The molecule has 0 aliphatic rings. The molecule has 0 saturated carbocycles. The van der Waals surface area contributed by atoms with E-state index in [9.17, 15) is 9.59 Å². The number of aryl methyl sites for hydroxylation is 1. The standard InChI is InChI=1S/C21H19Br2N3O4/c1-3-4-19-25-17-7-5-15(23)10-16(17)20(27)26(19)24-11-13-9-14(22)6-8-18(13)30-12(2)21(28)29/h5-12H,3-4H2,1-2H3,(H,28,29)/t12-/m0/s1. The van der Waals surface area contributed by atoms with Crippen molar-refractivity contribution in [3.8, 4) is 5.75 Å². The first-order chi connectivity index (χ1) is 14.3. The van der Waals surface area contributed by atoms with Gasteiger partial charge in [-0.3, -0.25) is 4.79 Å². The topological polar surface area (TPSA) is 93.8 Å². The van der Waals surface area contributed by atoms with Gasteiger partial charge in [-0.15, -0.1) is 0 Å². The number of fused-ring (bicyclic) bond motifs is 1. The van der Waals surface area contributed by atoms with Crippen molar-refractivity contribution in [3.63, 3.8) is 0 Å². The second kappa shape index (κ2) is 9.53. The summed E-state index contributed by atoms with van der Waals surface area (Å²) in [5.74, 6) is -0.185. The molecule has 30 heavy (non-hydrogen) atoms. The first-order valence-electron chi connectivity index (χ1n) is 9.24. The first-order valence-corrected chi connectivity index (χ1v) is 10.8. The number of aliphatic carboxylic acids is 1. The number of nitrogens with zero attached hydrogens (tertiary/aromatic N) is 3. The zero-order chi connectivity index (χ0) is 21.8. The van der Waals surface area contributed by atoms with Gasteiger partial charge in [0.05, 0.1) is 17.1 Å². The van der Waals surface area contributed by atoms with Gasteiger partial charge in [-0.2, -0.15) is 9.78 Å². The summed E-state index contributed by atoms with van der Waals surface area (Å²) in [4.78, 5) is 28.8. The first kappa shape index (κ1) is 22.2. The zero-order valence-corrected chi connectivity index (χ0v) is 19.5. The van der Waals surface area contributed by atoms with Crippen LogP contribution < -0.4 is 10.3 Å². The summed E-state index contributed by atoms with van der Waals surface area (Å²) in [6.07, 6.45) is 1.82. The lowest BCUT2D eigenvalue weighted by molar-refractivity contribution is -0.144. The number of carboxylic acid groups (broad SMARTS) is 1. The molecule has 0 amide bonds. The number of carboxylic acids is 1. The molecule has 3 rings (SSSR count). The van der Waals surface area contributed by atoms with Gasteiger partial charge in [-0.05, 0) is 49.7 Å². The summed E-state index contributed by atoms with van der Waals surface area (Å²) in [5, 5.41) is 14.0. The van der Waals surface area contributed by atoms with E-state index in [-0.39, 0.29) is 5.56 Å². The van der Waals surface area contributed by atoms with E-state index >= 15 is 0 Å². The zero-order valence-electron chi connectivity index (χ0n) is 16.3. The number of halogens is 2. The molecule has 9 heteroatoms. The van der Waals surface area contributed by atoms with E-state index in [0.29, 0.717) is 34.5 Å². The lowest BCUT2D eigenvalue weighted by Crippen LogP contribution is -2.24. The summed E-state index contributed by atoms with van der Waals surface area (Å²) >= 11 is 6.78. The molecule has 1 heterocycles. The molecule has 0 spiro atoms. The minimum Gasteiger partial charge on any atom is -0.479 e. The number of hydrogen-bond donors (Lipinski definition) is 1. The molecule has 1 aromatic heterocycles. The Morgan fingerprint density at radius 2 is 1.97 bits per heavy atom. The largest absolute Gasteiger partial charge is 0.479 e. The van der Waals surface area contributed by atoms with Crippen molar-refractivity contribution in [2.24, 2.45) is 5.10 Å². The Labute approximate surface area is 189 Å². The number of ether oxygens (including phenoxy) is 1. The van der Waals surface area contributed by atoms with Crippen molar-refractivity contribution < 1.29 is 14.6 Å². The molecule has 7 nitrogen and oxygen atoms in total. The van der Waals surface area contributed by atoms with Gasteiger partial charge in [0.25, 0.3) is 5.56 Å². The Balaban J connectivity index is 2.10. The highest BCUT2D eigenvalue weighted by Gasteiger charge is 2.15. The van der Waals surface area contributed by atoms with Crippen molar-refractivity contribution in [3.05, 3.63) is 67.1 Å². The molecular weight excluding hydrogens is 518 g/mol. The van der Waals surface area contributed by atoms with Gasteiger partial charge in [-0.25, -0.2) is 9.78 Å². The minimum atomic E-state index is -1.08. The summed E-state index contributed by atoms with van der Waals surface area (Å²) in [6.45, 7) is 3.44. The molecule has 2 aromatic carbocycles. The quantitative estimate of drug-likeness (QED) is 0.445. The van der Waals surface area contributed by atoms with Crippen LogP contribution in [0.4, 0.5) is 0 Å². The normalized spacial score (nSPS) is 12.4. The van der Waals surface area contributed by atoms with E-state index in [2.05, 4.69) is 41.9 Å². The molecule has 0 saturated heterocycles. The van der Waals surface area contributed by atoms with Gasteiger partial charge in [0.15, 0.2) is 6.10 Å². The monoisotopic (exact) mass is 535 g/mol. The van der Waals surface area contributed by atoms with Crippen LogP contribution in [-0.4, -0.2) is 33.1 Å². The summed E-state index contributed by atoms with van der Waals surface area (Å²) < 4.78 is 8.35. The molecule has 0 aliphatic carbocycles. The molecule has 1 N–H and O–H groups in total. The number of hydrogen-bond acceptors (Lipinski definition) is 5. The highest BCUT2D eigenvalue weighted by atomic mass is 79.9. The van der Waals surface area contributed by atoms with Crippen LogP contribution in [0.5, 0.6) is 5.75 Å². The van der Waals surface area contributed by atoms with Crippen molar-refractivity contribution in [2.45, 2.75) is 32.8 Å². The summed E-state index contributed by atoms with van der Waals surface area (Å²) in [5.41, 5.74) is 0.860. The van der Waals surface area contributed by atoms with Crippen molar-refractivity contribution in [2.75, 3.05) is 0 Å². The number of rotatable bonds is 7. The lowest BCUT2D eigenvalue weighted by Gasteiger charge is -2.13. The SMILES string of the molecule is CCCc1nc2ccc(Br)cc2c(=O)n1N=Cc1cc(Br)ccc1O[C@@H](C)C(=O)O. The van der Waals surface area contributed by atoms with Crippen LogP contribution in [0.3, 0.4) is 0 Å². The second-order valence-electron chi connectivity index (χ2n) is 6.58. The third-order valence-corrected chi connectivity index (χ3v) is 5.27. The summed E-state index contributed by atoms with van der Waals surface area (Å²) in [7, 11) is 0. The fourth-order valence-corrected chi connectivity index (χ4v) is 3.53. The van der Waals surface area contributed by atoms with Crippen LogP contribution in [0.25, 0.3) is 10.9 Å². The van der Waals surface area contributed by atoms with E-state index < -0.39 is 12.1 Å². The van der Waals surface area contributed by atoms with Crippen LogP contribution in [0.2, 0.25) is 0 Å². The third kappa shape index (κ3) is 4.96. The van der Waals surface area contributed by atoms with E-state index in [4.69, 9.17) is 9.84 Å². The highest BCUT2D eigenvalue weighted by molar-refractivity contribution is 9.10. The van der Waals surface area contributed by atoms with E-state index in [1.165, 1.54) is 17.8 Å². The summed E-state index contributed by atoms with van der Waals surface area (Å²) in [6, 6.07) is 10.5. The van der Waals surface area contributed by atoms with Crippen LogP contribution in [0.1, 0.15) is 31.7 Å². The molecule has 0 bridgehead atoms. The maximum atomic E-state index is 13.1. The van der Waals surface area contributed by atoms with Crippen LogP contribution in [0.15, 0.2) is 55.2 Å². The van der Waals surface area contributed by atoms with Gasteiger partial charge in [-0.1, -0.05) is 38.8 Å². The number of aromatic nitrogens is 2. The Kier molecular flexibility index (Phi) is 7.04. The highest BCUT2D eigenvalue weighted by Crippen LogP contribution is 2.23. The van der Waals surface area contributed by atoms with Crippen LogP contribution in [0, 0.1) is 0 Å². The fourth-order valence-electron chi connectivity index (χ4n) is 2.79. The van der Waals surface area contributed by atoms with Gasteiger partial charge in [0.2, 0.25) is 0 Å². The van der Waals surface area contributed by atoms with E-state index in [1.807, 2.05) is 13.0 Å². The molecule has 0 unspecified atom stereocenters. The van der Waals surface area contributed by atoms with Gasteiger partial charge >= 0.3 is 5.97 Å². The van der Waals surface area contributed by atoms with Gasteiger partial charge in [0.1, 0.15) is 11.6 Å². The number of carbonyl (C=O) groups is 1. The van der Waals surface area contributed by atoms with Crippen molar-refractivity contribution in [1.82, 2.24) is 9.66 Å². The maximum absolute atomic E-state index is 13.1. The van der Waals surface area contributed by atoms with E-state index in [1.54, 1.807) is 30.3 Å². The van der Waals surface area contributed by atoms with Gasteiger partial charge < -0.3 is 9.84 Å². The van der Waals surface area contributed by atoms with Crippen molar-refractivity contribution in [1.29, 1.82) is 0 Å². The van der Waals surface area contributed by atoms with E-state index in [0.717, 1.165) is 15.4 Å². The average molecular weight is 537 g/mol.